The molecule has 41 heavy (non-hydrogen) atoms. The summed E-state index contributed by atoms with van der Waals surface area (Å²) in [7, 11) is 0. The number of carbonyl (C=O) groups excluding carboxylic acids is 1. The zero-order valence-corrected chi connectivity index (χ0v) is 24.9. The van der Waals surface area contributed by atoms with Crippen LogP contribution in [0.1, 0.15) is 93.8 Å². The van der Waals surface area contributed by atoms with Gasteiger partial charge in [0.15, 0.2) is 0 Å². The van der Waals surface area contributed by atoms with Gasteiger partial charge in [0, 0.05) is 18.7 Å². The molecule has 2 aromatic carbocycles. The van der Waals surface area contributed by atoms with Crippen LogP contribution in [0.5, 0.6) is 0 Å². The molecule has 1 aromatic heterocycles. The van der Waals surface area contributed by atoms with E-state index in [-0.39, 0.29) is 12.3 Å². The number of aliphatic carboxylic acids is 1. The van der Waals surface area contributed by atoms with Gasteiger partial charge in [0.05, 0.1) is 23.4 Å². The lowest BCUT2D eigenvalue weighted by Gasteiger charge is -2.25. The van der Waals surface area contributed by atoms with Crippen LogP contribution < -0.4 is 5.32 Å². The lowest BCUT2D eigenvalue weighted by atomic mass is 9.79. The third-order valence-corrected chi connectivity index (χ3v) is 7.65. The molecule has 0 spiro atoms. The minimum atomic E-state index is -1.04. The summed E-state index contributed by atoms with van der Waals surface area (Å²) < 4.78 is 5.88. The summed E-state index contributed by atoms with van der Waals surface area (Å²) in [6.45, 7) is 9.22. The Bertz CT molecular complexity index is 1290. The van der Waals surface area contributed by atoms with E-state index >= 15 is 0 Å². The van der Waals surface area contributed by atoms with E-state index in [9.17, 15) is 14.7 Å². The van der Waals surface area contributed by atoms with Crippen LogP contribution in [-0.2, 0) is 27.4 Å². The molecule has 3 rings (SSSR count). The predicted molar refractivity (Wildman–Crippen MR) is 167 cm³/mol. The molecule has 0 saturated carbocycles. The molecule has 0 saturated heterocycles. The lowest BCUT2D eigenvalue weighted by Crippen LogP contribution is -2.34. The number of nitrogens with one attached hydrogen (secondary N) is 1. The Kier molecular flexibility index (Phi) is 12.3. The van der Waals surface area contributed by atoms with E-state index in [0.29, 0.717) is 37.7 Å². The number of pyridine rings is 1. The van der Waals surface area contributed by atoms with Crippen LogP contribution in [0.3, 0.4) is 0 Å². The molecule has 0 radical (unpaired) electrons. The number of rotatable bonds is 16. The summed E-state index contributed by atoms with van der Waals surface area (Å²) in [5.74, 6) is -0.671. The summed E-state index contributed by atoms with van der Waals surface area (Å²) in [6.07, 6.45) is 7.78. The van der Waals surface area contributed by atoms with Crippen LogP contribution in [0.15, 0.2) is 66.7 Å². The highest BCUT2D eigenvalue weighted by molar-refractivity contribution is 5.94. The van der Waals surface area contributed by atoms with Gasteiger partial charge in [0.2, 0.25) is 5.91 Å². The van der Waals surface area contributed by atoms with Gasteiger partial charge in [-0.25, -0.2) is 0 Å². The number of ether oxygens (including phenoxy) is 1. The van der Waals surface area contributed by atoms with E-state index in [1.54, 1.807) is 19.9 Å². The summed E-state index contributed by atoms with van der Waals surface area (Å²) >= 11 is 0. The van der Waals surface area contributed by atoms with E-state index in [1.807, 2.05) is 48.6 Å². The number of aromatic nitrogens is 1. The number of carboxylic acid groups (broad SMARTS) is 1. The fourth-order valence-corrected chi connectivity index (χ4v) is 4.74. The quantitative estimate of drug-likeness (QED) is 0.174. The van der Waals surface area contributed by atoms with Crippen LogP contribution in [-0.4, -0.2) is 28.6 Å². The summed E-state index contributed by atoms with van der Waals surface area (Å²) in [4.78, 5) is 29.0. The zero-order valence-electron chi connectivity index (χ0n) is 24.9. The second kappa shape index (κ2) is 15.9. The van der Waals surface area contributed by atoms with E-state index in [1.165, 1.54) is 11.1 Å². The number of hydrogen-bond donors (Lipinski definition) is 2. The average Bonchev–Trinajstić information content (AvgIpc) is 2.97. The average molecular weight is 557 g/mol. The number of carbonyl (C=O) groups is 2. The molecule has 0 aliphatic heterocycles. The molecule has 218 valence electrons. The van der Waals surface area contributed by atoms with Gasteiger partial charge in [-0.3, -0.25) is 14.6 Å². The molecule has 6 heteroatoms. The van der Waals surface area contributed by atoms with Crippen molar-refractivity contribution >= 4 is 29.7 Å². The van der Waals surface area contributed by atoms with Gasteiger partial charge in [-0.05, 0) is 85.1 Å². The SMILES string of the molecule is CCC(CC)(CC(=O)Nc1cccc(/C=C/c2cccc(COCCCCc3ccc(C(C)C)cc3)n2)c1)C(=O)O. The van der Waals surface area contributed by atoms with Crippen molar-refractivity contribution in [3.05, 3.63) is 94.8 Å². The van der Waals surface area contributed by atoms with E-state index < -0.39 is 11.4 Å². The maximum Gasteiger partial charge on any atom is 0.310 e. The Morgan fingerprint density at radius 3 is 2.39 bits per heavy atom. The lowest BCUT2D eigenvalue weighted by molar-refractivity contribution is -0.151. The normalized spacial score (nSPS) is 11.7. The number of unbranched alkanes of at least 4 members (excludes halogenated alkanes) is 1. The minimum Gasteiger partial charge on any atom is -0.481 e. The molecule has 0 aliphatic carbocycles. The maximum absolute atomic E-state index is 12.6. The number of aryl methyl sites for hydroxylation is 1. The highest BCUT2D eigenvalue weighted by Crippen LogP contribution is 2.31. The Morgan fingerprint density at radius 2 is 1.71 bits per heavy atom. The highest BCUT2D eigenvalue weighted by Gasteiger charge is 2.37. The Hall–Kier alpha value is -3.77. The number of carboxylic acids is 1. The maximum atomic E-state index is 12.6. The Labute approximate surface area is 244 Å². The van der Waals surface area contributed by atoms with Crippen LogP contribution in [0, 0.1) is 5.41 Å². The molecule has 0 bridgehead atoms. The number of nitrogens with zero attached hydrogens (tertiary/aromatic N) is 1. The van der Waals surface area contributed by atoms with Crippen molar-refractivity contribution in [3.63, 3.8) is 0 Å². The molecule has 2 N–H and O–H groups in total. The number of benzene rings is 2. The fraction of sp³-hybridized carbons (Fsp3) is 0.400. The Balaban J connectivity index is 1.46. The second-order valence-corrected chi connectivity index (χ2v) is 10.9. The van der Waals surface area contributed by atoms with Crippen molar-refractivity contribution in [1.29, 1.82) is 0 Å². The van der Waals surface area contributed by atoms with Gasteiger partial charge in [-0.1, -0.05) is 76.2 Å². The standard InChI is InChI=1S/C35H44N2O4/c1-5-35(6-2,34(39)40)24-33(38)37-31-14-9-12-28(23-31)18-21-30-13-10-15-32(36-30)25-41-22-8-7-11-27-16-19-29(20-17-27)26(3)4/h9-10,12-21,23,26H,5-8,11,22,24-25H2,1-4H3,(H,37,38)(H,39,40)/b21-18+. The smallest absolute Gasteiger partial charge is 0.310 e. The summed E-state index contributed by atoms with van der Waals surface area (Å²) in [5, 5.41) is 12.5. The van der Waals surface area contributed by atoms with Crippen molar-refractivity contribution in [3.8, 4) is 0 Å². The second-order valence-electron chi connectivity index (χ2n) is 10.9. The first-order chi connectivity index (χ1) is 19.7. The van der Waals surface area contributed by atoms with Gasteiger partial charge in [-0.15, -0.1) is 0 Å². The highest BCUT2D eigenvalue weighted by atomic mass is 16.5. The van der Waals surface area contributed by atoms with Crippen LogP contribution >= 0.6 is 0 Å². The minimum absolute atomic E-state index is 0.0551. The largest absolute Gasteiger partial charge is 0.481 e. The van der Waals surface area contributed by atoms with Crippen molar-refractivity contribution in [1.82, 2.24) is 4.98 Å². The molecule has 1 amide bonds. The van der Waals surface area contributed by atoms with Crippen LogP contribution in [0.2, 0.25) is 0 Å². The van der Waals surface area contributed by atoms with Gasteiger partial charge in [-0.2, -0.15) is 0 Å². The van der Waals surface area contributed by atoms with Gasteiger partial charge in [0.25, 0.3) is 0 Å². The van der Waals surface area contributed by atoms with E-state index in [4.69, 9.17) is 4.74 Å². The van der Waals surface area contributed by atoms with Crippen molar-refractivity contribution in [2.24, 2.45) is 5.41 Å². The molecule has 0 fully saturated rings. The molecular weight excluding hydrogens is 512 g/mol. The van der Waals surface area contributed by atoms with E-state index in [0.717, 1.165) is 36.2 Å². The van der Waals surface area contributed by atoms with Crippen LogP contribution in [0.4, 0.5) is 5.69 Å². The predicted octanol–water partition coefficient (Wildman–Crippen LogP) is 8.13. The molecular formula is C35H44N2O4. The number of amides is 1. The molecule has 3 aromatic rings. The third kappa shape index (κ3) is 9.98. The topological polar surface area (TPSA) is 88.5 Å². The molecule has 1 heterocycles. The zero-order chi connectivity index (χ0) is 29.7. The Morgan fingerprint density at radius 1 is 0.976 bits per heavy atom. The van der Waals surface area contributed by atoms with E-state index in [2.05, 4.69) is 48.4 Å². The third-order valence-electron chi connectivity index (χ3n) is 7.65. The van der Waals surface area contributed by atoms with Crippen molar-refractivity contribution in [2.45, 2.75) is 78.7 Å². The first-order valence-electron chi connectivity index (χ1n) is 14.7. The monoisotopic (exact) mass is 556 g/mol. The molecule has 0 aliphatic rings. The summed E-state index contributed by atoms with van der Waals surface area (Å²) in [5.41, 5.74) is 4.95. The summed E-state index contributed by atoms with van der Waals surface area (Å²) in [6, 6.07) is 22.3. The number of hydrogen-bond acceptors (Lipinski definition) is 4. The first kappa shape index (κ1) is 31.8. The fourth-order valence-electron chi connectivity index (χ4n) is 4.74. The number of anilines is 1. The van der Waals surface area contributed by atoms with Crippen molar-refractivity contribution in [2.75, 3.05) is 11.9 Å². The molecule has 0 atom stereocenters. The van der Waals surface area contributed by atoms with Gasteiger partial charge >= 0.3 is 5.97 Å². The van der Waals surface area contributed by atoms with Crippen molar-refractivity contribution < 1.29 is 19.4 Å². The molecule has 6 nitrogen and oxygen atoms in total. The van der Waals surface area contributed by atoms with Gasteiger partial charge in [0.1, 0.15) is 0 Å². The van der Waals surface area contributed by atoms with Gasteiger partial charge < -0.3 is 15.2 Å². The first-order valence-corrected chi connectivity index (χ1v) is 14.7. The molecule has 0 unspecified atom stereocenters. The van der Waals surface area contributed by atoms with Crippen LogP contribution in [0.25, 0.3) is 12.2 Å².